The summed E-state index contributed by atoms with van der Waals surface area (Å²) in [4.78, 5) is 0. The molecule has 2 aliphatic rings. The molecule has 2 aliphatic carbocycles. The summed E-state index contributed by atoms with van der Waals surface area (Å²) in [5.41, 5.74) is 8.71. The smallest absolute Gasteiger partial charge is 0.000740 e. The predicted molar refractivity (Wildman–Crippen MR) is 90.9 cm³/mol. The van der Waals surface area contributed by atoms with Crippen LogP contribution in [0.4, 0.5) is 0 Å². The van der Waals surface area contributed by atoms with Crippen LogP contribution >= 0.6 is 24.8 Å². The first-order valence-corrected chi connectivity index (χ1v) is 6.50. The Morgan fingerprint density at radius 1 is 0.750 bits per heavy atom. The summed E-state index contributed by atoms with van der Waals surface area (Å²) in [6.45, 7) is 0. The highest BCUT2D eigenvalue weighted by Crippen LogP contribution is 2.41. The summed E-state index contributed by atoms with van der Waals surface area (Å²) in [6, 6.07) is 15.5. The molecule has 0 heterocycles. The average Bonchev–Trinajstić information content (AvgIpc) is 3.05. The highest BCUT2D eigenvalue weighted by Gasteiger charge is 2.21. The predicted octanol–water partition coefficient (Wildman–Crippen LogP) is 5.44. The van der Waals surface area contributed by atoms with E-state index >= 15 is 0 Å². The van der Waals surface area contributed by atoms with E-state index in [1.54, 1.807) is 0 Å². The first-order valence-electron chi connectivity index (χ1n) is 6.50. The van der Waals surface area contributed by atoms with Crippen LogP contribution in [0.1, 0.15) is 23.1 Å². The van der Waals surface area contributed by atoms with Crippen molar-refractivity contribution in [3.63, 3.8) is 0 Å². The highest BCUT2D eigenvalue weighted by atomic mass is 35.5. The second-order valence-electron chi connectivity index (χ2n) is 4.99. The van der Waals surface area contributed by atoms with Crippen LogP contribution in [0.2, 0.25) is 0 Å². The fourth-order valence-corrected chi connectivity index (χ4v) is 3.11. The third kappa shape index (κ3) is 2.19. The molecule has 2 aromatic rings. The maximum absolute atomic E-state index is 2.27. The molecule has 4 rings (SSSR count). The van der Waals surface area contributed by atoms with E-state index in [1.165, 1.54) is 33.4 Å². The fraction of sp³-hybridized carbons (Fsp3) is 0.111. The molecule has 2 aromatic carbocycles. The average molecular weight is 303 g/mol. The molecule has 0 N–H and O–H groups in total. The Bertz CT molecular complexity index is 696. The molecule has 20 heavy (non-hydrogen) atoms. The van der Waals surface area contributed by atoms with E-state index in [0.717, 1.165) is 12.8 Å². The lowest BCUT2D eigenvalue weighted by Crippen LogP contribution is -1.90. The number of benzene rings is 2. The molecule has 102 valence electrons. The summed E-state index contributed by atoms with van der Waals surface area (Å²) in [5, 5.41) is 0. The van der Waals surface area contributed by atoms with Gasteiger partial charge in [0.2, 0.25) is 0 Å². The van der Waals surface area contributed by atoms with Crippen molar-refractivity contribution in [2.75, 3.05) is 0 Å². The minimum absolute atomic E-state index is 0. The molecule has 0 spiro atoms. The highest BCUT2D eigenvalue weighted by molar-refractivity contribution is 5.86. The normalized spacial score (nSPS) is 13.9. The van der Waals surface area contributed by atoms with Crippen molar-refractivity contribution in [3.05, 3.63) is 77.4 Å². The zero-order valence-electron chi connectivity index (χ0n) is 11.0. The summed E-state index contributed by atoms with van der Waals surface area (Å²) in [7, 11) is 0. The molecule has 0 bridgehead atoms. The van der Waals surface area contributed by atoms with Gasteiger partial charge in [-0.15, -0.1) is 24.8 Å². The third-order valence-electron chi connectivity index (χ3n) is 3.97. The topological polar surface area (TPSA) is 0 Å². The second kappa shape index (κ2) is 5.87. The first kappa shape index (κ1) is 14.9. The van der Waals surface area contributed by atoms with Crippen molar-refractivity contribution >= 4 is 30.4 Å². The van der Waals surface area contributed by atoms with Gasteiger partial charge in [0.25, 0.3) is 0 Å². The Labute approximate surface area is 132 Å². The Morgan fingerprint density at radius 3 is 2.30 bits per heavy atom. The van der Waals surface area contributed by atoms with Crippen LogP contribution in [-0.4, -0.2) is 0 Å². The maximum atomic E-state index is 2.27. The monoisotopic (exact) mass is 302 g/mol. The summed E-state index contributed by atoms with van der Waals surface area (Å²) < 4.78 is 0. The number of hydrogen-bond acceptors (Lipinski definition) is 0. The van der Waals surface area contributed by atoms with Crippen LogP contribution in [0, 0.1) is 0 Å². The molecular formula is C18H16Cl2. The number of allylic oxidation sites excluding steroid dienone is 4. The molecule has 0 atom stereocenters. The van der Waals surface area contributed by atoms with E-state index in [-0.39, 0.29) is 24.8 Å². The molecule has 0 saturated heterocycles. The Hall–Kier alpha value is -1.50. The van der Waals surface area contributed by atoms with Crippen LogP contribution in [0.15, 0.2) is 60.7 Å². The van der Waals surface area contributed by atoms with E-state index in [9.17, 15) is 0 Å². The van der Waals surface area contributed by atoms with Gasteiger partial charge in [-0.2, -0.15) is 0 Å². The Morgan fingerprint density at radius 2 is 1.50 bits per heavy atom. The van der Waals surface area contributed by atoms with E-state index in [0.29, 0.717) is 0 Å². The third-order valence-corrected chi connectivity index (χ3v) is 3.97. The van der Waals surface area contributed by atoms with Crippen molar-refractivity contribution in [3.8, 4) is 11.1 Å². The van der Waals surface area contributed by atoms with Crippen molar-refractivity contribution in [1.29, 1.82) is 0 Å². The largest absolute Gasteiger partial charge is 0.147 e. The molecule has 2 heteroatoms. The standard InChI is InChI=1S/C18H14.2ClH/c1-2-7-13(6-1)15-10-5-11-17-16-9-4-3-8-14(16)12-18(15)17;;/h1-6,8-11H,7,12H2;2*1H. The fourth-order valence-electron chi connectivity index (χ4n) is 3.11. The second-order valence-corrected chi connectivity index (χ2v) is 4.99. The minimum Gasteiger partial charge on any atom is -0.147 e. The van der Waals surface area contributed by atoms with Gasteiger partial charge in [-0.3, -0.25) is 0 Å². The van der Waals surface area contributed by atoms with Crippen LogP contribution in [0.25, 0.3) is 16.7 Å². The zero-order chi connectivity index (χ0) is 11.9. The van der Waals surface area contributed by atoms with Gasteiger partial charge in [0.15, 0.2) is 0 Å². The Kier molecular flexibility index (Phi) is 4.37. The number of halogens is 2. The molecule has 0 unspecified atom stereocenters. The van der Waals surface area contributed by atoms with Crippen molar-refractivity contribution < 1.29 is 0 Å². The van der Waals surface area contributed by atoms with Crippen molar-refractivity contribution in [2.24, 2.45) is 0 Å². The number of rotatable bonds is 1. The molecule has 0 aromatic heterocycles. The van der Waals surface area contributed by atoms with Crippen molar-refractivity contribution in [1.82, 2.24) is 0 Å². The zero-order valence-corrected chi connectivity index (χ0v) is 12.6. The van der Waals surface area contributed by atoms with Crippen LogP contribution in [0.5, 0.6) is 0 Å². The number of hydrogen-bond donors (Lipinski definition) is 0. The van der Waals surface area contributed by atoms with Gasteiger partial charge in [0.05, 0.1) is 0 Å². The van der Waals surface area contributed by atoms with E-state index in [2.05, 4.69) is 60.7 Å². The summed E-state index contributed by atoms with van der Waals surface area (Å²) in [6.07, 6.45) is 8.80. The lowest BCUT2D eigenvalue weighted by Gasteiger charge is -2.09. The molecular weight excluding hydrogens is 287 g/mol. The van der Waals surface area contributed by atoms with Gasteiger partial charge in [-0.05, 0) is 46.2 Å². The molecule has 0 fully saturated rings. The van der Waals surface area contributed by atoms with E-state index < -0.39 is 0 Å². The first-order chi connectivity index (χ1) is 8.93. The van der Waals surface area contributed by atoms with Crippen LogP contribution in [0.3, 0.4) is 0 Å². The van der Waals surface area contributed by atoms with E-state index in [1.807, 2.05) is 0 Å². The lowest BCUT2D eigenvalue weighted by atomic mass is 9.95. The maximum Gasteiger partial charge on any atom is -0.000740 e. The SMILES string of the molecule is C1=CCC(c2cccc3c2Cc2ccccc2-3)=C1.Cl.Cl. The molecule has 0 radical (unpaired) electrons. The lowest BCUT2D eigenvalue weighted by molar-refractivity contribution is 1.24. The Balaban J connectivity index is 0.000000735. The van der Waals surface area contributed by atoms with Crippen molar-refractivity contribution in [2.45, 2.75) is 12.8 Å². The quantitative estimate of drug-likeness (QED) is 0.561. The van der Waals surface area contributed by atoms with Crippen LogP contribution < -0.4 is 0 Å². The van der Waals surface area contributed by atoms with Gasteiger partial charge >= 0.3 is 0 Å². The van der Waals surface area contributed by atoms with Gasteiger partial charge in [-0.25, -0.2) is 0 Å². The van der Waals surface area contributed by atoms with Gasteiger partial charge < -0.3 is 0 Å². The molecule has 0 nitrogen and oxygen atoms in total. The van der Waals surface area contributed by atoms with Gasteiger partial charge in [0.1, 0.15) is 0 Å². The summed E-state index contributed by atoms with van der Waals surface area (Å²) >= 11 is 0. The number of fused-ring (bicyclic) bond motifs is 3. The molecule has 0 saturated carbocycles. The van der Waals surface area contributed by atoms with Gasteiger partial charge in [-0.1, -0.05) is 60.7 Å². The van der Waals surface area contributed by atoms with E-state index in [4.69, 9.17) is 0 Å². The molecule has 0 amide bonds. The van der Waals surface area contributed by atoms with Crippen LogP contribution in [-0.2, 0) is 6.42 Å². The minimum atomic E-state index is 0. The molecule has 0 aliphatic heterocycles. The van der Waals surface area contributed by atoms with Gasteiger partial charge in [0, 0.05) is 0 Å². The summed E-state index contributed by atoms with van der Waals surface area (Å²) in [5.74, 6) is 0.